The minimum Gasteiger partial charge on any atom is -0.487 e. The highest BCUT2D eigenvalue weighted by atomic mass is 16.5. The Kier molecular flexibility index (Phi) is 6.33. The molecule has 4 rings (SSSR count). The zero-order valence-corrected chi connectivity index (χ0v) is 19.2. The van der Waals surface area contributed by atoms with Gasteiger partial charge in [0, 0.05) is 12.1 Å². The summed E-state index contributed by atoms with van der Waals surface area (Å²) in [4.78, 5) is 19.1. The van der Waals surface area contributed by atoms with Crippen LogP contribution >= 0.6 is 0 Å². The summed E-state index contributed by atoms with van der Waals surface area (Å²) in [5.74, 6) is 1.97. The molecule has 0 bridgehead atoms. The van der Waals surface area contributed by atoms with E-state index in [2.05, 4.69) is 16.8 Å². The van der Waals surface area contributed by atoms with Crippen molar-refractivity contribution in [3.63, 3.8) is 0 Å². The van der Waals surface area contributed by atoms with Crippen molar-refractivity contribution in [2.24, 2.45) is 0 Å². The van der Waals surface area contributed by atoms with Gasteiger partial charge in [0.25, 0.3) is 0 Å². The van der Waals surface area contributed by atoms with E-state index in [9.17, 15) is 4.79 Å². The van der Waals surface area contributed by atoms with Crippen LogP contribution in [0.3, 0.4) is 0 Å². The summed E-state index contributed by atoms with van der Waals surface area (Å²) < 4.78 is 16.8. The Bertz CT molecular complexity index is 1070. The van der Waals surface area contributed by atoms with Crippen LogP contribution in [0.4, 0.5) is 0 Å². The minimum absolute atomic E-state index is 0.164. The molecule has 0 aliphatic carbocycles. The van der Waals surface area contributed by atoms with Crippen molar-refractivity contribution in [2.75, 3.05) is 13.7 Å². The summed E-state index contributed by atoms with van der Waals surface area (Å²) in [6, 6.07) is 16.1. The minimum atomic E-state index is -0.552. The van der Waals surface area contributed by atoms with Gasteiger partial charge in [-0.2, -0.15) is 0 Å². The van der Waals surface area contributed by atoms with Gasteiger partial charge in [0.05, 0.1) is 7.11 Å². The lowest BCUT2D eigenvalue weighted by Gasteiger charge is -2.32. The lowest BCUT2D eigenvalue weighted by Crippen LogP contribution is -2.48. The number of benzene rings is 2. The van der Waals surface area contributed by atoms with Crippen LogP contribution in [0.25, 0.3) is 11.5 Å². The van der Waals surface area contributed by atoms with Gasteiger partial charge in [-0.25, -0.2) is 4.98 Å². The molecule has 1 saturated heterocycles. The Morgan fingerprint density at radius 3 is 2.53 bits per heavy atom. The van der Waals surface area contributed by atoms with E-state index in [1.165, 1.54) is 12.7 Å². The van der Waals surface area contributed by atoms with Crippen LogP contribution in [0.1, 0.15) is 42.3 Å². The largest absolute Gasteiger partial charge is 0.487 e. The molecule has 2 heterocycles. The average Bonchev–Trinajstić information content (AvgIpc) is 3.36. The first-order valence-corrected chi connectivity index (χ1v) is 11.0. The van der Waals surface area contributed by atoms with E-state index in [1.54, 1.807) is 0 Å². The molecule has 1 atom stereocenters. The number of aryl methyl sites for hydroxylation is 2. The van der Waals surface area contributed by atoms with Gasteiger partial charge in [-0.05, 0) is 70.0 Å². The van der Waals surface area contributed by atoms with Crippen LogP contribution in [-0.2, 0) is 22.7 Å². The highest BCUT2D eigenvalue weighted by Crippen LogP contribution is 2.32. The fourth-order valence-electron chi connectivity index (χ4n) is 4.17. The fraction of sp³-hybridized carbons (Fsp3) is 0.385. The molecule has 32 heavy (non-hydrogen) atoms. The zero-order valence-electron chi connectivity index (χ0n) is 19.2. The number of oxazole rings is 1. The van der Waals surface area contributed by atoms with Gasteiger partial charge in [-0.3, -0.25) is 9.69 Å². The summed E-state index contributed by atoms with van der Waals surface area (Å²) in [6.45, 7) is 7.85. The summed E-state index contributed by atoms with van der Waals surface area (Å²) in [6.07, 6.45) is 1.82. The molecule has 6 heteroatoms. The third kappa shape index (κ3) is 4.55. The third-order valence-electron chi connectivity index (χ3n) is 6.28. The standard InChI is InChI=1S/C26H30N2O4/c1-18-6-10-21(11-7-18)24-27-23(19(2)32-24)17-31-22-12-8-20(9-13-22)16-28-15-5-14-26(28,3)25(29)30-4/h6-13H,5,14-17H2,1-4H3. The first kappa shape index (κ1) is 22.1. The molecule has 0 radical (unpaired) electrons. The molecule has 0 amide bonds. The van der Waals surface area contributed by atoms with Crippen molar-refractivity contribution >= 4 is 5.97 Å². The number of ether oxygens (including phenoxy) is 2. The summed E-state index contributed by atoms with van der Waals surface area (Å²) >= 11 is 0. The van der Waals surface area contributed by atoms with Crippen LogP contribution in [0, 0.1) is 13.8 Å². The van der Waals surface area contributed by atoms with Crippen LogP contribution in [-0.4, -0.2) is 35.0 Å². The fourth-order valence-corrected chi connectivity index (χ4v) is 4.17. The van der Waals surface area contributed by atoms with E-state index in [-0.39, 0.29) is 5.97 Å². The lowest BCUT2D eigenvalue weighted by atomic mass is 9.98. The molecule has 1 unspecified atom stereocenters. The maximum atomic E-state index is 12.2. The molecule has 0 saturated carbocycles. The van der Waals surface area contributed by atoms with E-state index in [1.807, 2.05) is 62.4 Å². The molecule has 1 fully saturated rings. The van der Waals surface area contributed by atoms with Crippen LogP contribution in [0.5, 0.6) is 5.75 Å². The topological polar surface area (TPSA) is 64.8 Å². The van der Waals surface area contributed by atoms with E-state index < -0.39 is 5.54 Å². The second-order valence-corrected chi connectivity index (χ2v) is 8.61. The van der Waals surface area contributed by atoms with E-state index >= 15 is 0 Å². The number of hydrogen-bond donors (Lipinski definition) is 0. The first-order chi connectivity index (χ1) is 15.4. The molecular formula is C26H30N2O4. The van der Waals surface area contributed by atoms with E-state index in [4.69, 9.17) is 13.9 Å². The highest BCUT2D eigenvalue weighted by molar-refractivity contribution is 5.80. The van der Waals surface area contributed by atoms with Crippen molar-refractivity contribution in [2.45, 2.75) is 52.3 Å². The number of nitrogens with zero attached hydrogens (tertiary/aromatic N) is 2. The summed E-state index contributed by atoms with van der Waals surface area (Å²) in [5.41, 5.74) is 3.52. The molecule has 6 nitrogen and oxygen atoms in total. The lowest BCUT2D eigenvalue weighted by molar-refractivity contribution is -0.152. The summed E-state index contributed by atoms with van der Waals surface area (Å²) in [7, 11) is 1.45. The number of esters is 1. The monoisotopic (exact) mass is 434 g/mol. The summed E-state index contributed by atoms with van der Waals surface area (Å²) in [5, 5.41) is 0. The molecule has 1 aliphatic rings. The molecule has 1 aliphatic heterocycles. The van der Waals surface area contributed by atoms with Crippen LogP contribution in [0.2, 0.25) is 0 Å². The van der Waals surface area contributed by atoms with E-state index in [0.717, 1.165) is 47.7 Å². The normalized spacial score (nSPS) is 18.6. The number of carbonyl (C=O) groups excluding carboxylic acids is 1. The SMILES string of the molecule is COC(=O)C1(C)CCCN1Cc1ccc(OCc2nc(-c3ccc(C)cc3)oc2C)cc1. The second kappa shape index (κ2) is 9.17. The highest BCUT2D eigenvalue weighted by Gasteiger charge is 2.43. The number of aromatic nitrogens is 1. The maximum Gasteiger partial charge on any atom is 0.326 e. The van der Waals surface area contributed by atoms with Gasteiger partial charge in [0.1, 0.15) is 29.3 Å². The number of hydrogen-bond acceptors (Lipinski definition) is 6. The van der Waals surface area contributed by atoms with E-state index in [0.29, 0.717) is 19.0 Å². The Morgan fingerprint density at radius 1 is 1.12 bits per heavy atom. The van der Waals surface area contributed by atoms with Crippen molar-refractivity contribution in [3.05, 3.63) is 71.1 Å². The zero-order chi connectivity index (χ0) is 22.7. The van der Waals surface area contributed by atoms with Gasteiger partial charge in [-0.15, -0.1) is 0 Å². The number of rotatable bonds is 7. The maximum absolute atomic E-state index is 12.2. The smallest absolute Gasteiger partial charge is 0.326 e. The molecular weight excluding hydrogens is 404 g/mol. The Labute approximate surface area is 189 Å². The first-order valence-electron chi connectivity index (χ1n) is 11.0. The predicted octanol–water partition coefficient (Wildman–Crippen LogP) is 5.06. The quantitative estimate of drug-likeness (QED) is 0.484. The van der Waals surface area contributed by atoms with Crippen molar-refractivity contribution in [1.82, 2.24) is 9.88 Å². The van der Waals surface area contributed by atoms with Gasteiger partial charge >= 0.3 is 5.97 Å². The number of likely N-dealkylation sites (tertiary alicyclic amines) is 1. The molecule has 0 N–H and O–H groups in total. The molecule has 1 aromatic heterocycles. The third-order valence-corrected chi connectivity index (χ3v) is 6.28. The second-order valence-electron chi connectivity index (χ2n) is 8.61. The number of methoxy groups -OCH3 is 1. The molecule has 168 valence electrons. The van der Waals surface area contributed by atoms with Gasteiger partial charge < -0.3 is 13.9 Å². The Morgan fingerprint density at radius 2 is 1.84 bits per heavy atom. The van der Waals surface area contributed by atoms with Crippen molar-refractivity contribution < 1.29 is 18.7 Å². The van der Waals surface area contributed by atoms with Crippen LogP contribution < -0.4 is 4.74 Å². The van der Waals surface area contributed by atoms with Crippen molar-refractivity contribution in [1.29, 1.82) is 0 Å². The van der Waals surface area contributed by atoms with Gasteiger partial charge in [0.2, 0.25) is 5.89 Å². The van der Waals surface area contributed by atoms with Crippen LogP contribution in [0.15, 0.2) is 52.9 Å². The average molecular weight is 435 g/mol. The number of carbonyl (C=O) groups is 1. The molecule has 2 aromatic carbocycles. The Hall–Kier alpha value is -3.12. The van der Waals surface area contributed by atoms with Gasteiger partial charge in [-0.1, -0.05) is 29.8 Å². The molecule has 0 spiro atoms. The predicted molar refractivity (Wildman–Crippen MR) is 122 cm³/mol. The van der Waals surface area contributed by atoms with Gasteiger partial charge in [0.15, 0.2) is 0 Å². The molecule has 3 aromatic rings. The van der Waals surface area contributed by atoms with Crippen molar-refractivity contribution in [3.8, 4) is 17.2 Å². The Balaban J connectivity index is 1.37.